The van der Waals surface area contributed by atoms with Crippen LogP contribution in [0.3, 0.4) is 0 Å². The lowest BCUT2D eigenvalue weighted by Gasteiger charge is -2.30. The van der Waals surface area contributed by atoms with Gasteiger partial charge in [-0.2, -0.15) is 0 Å². The molecule has 2 saturated carbocycles. The molecule has 100 valence electrons. The van der Waals surface area contributed by atoms with Crippen LogP contribution in [0, 0.1) is 17.3 Å². The Morgan fingerprint density at radius 2 is 1.94 bits per heavy atom. The summed E-state index contributed by atoms with van der Waals surface area (Å²) in [5.74, 6) is 2.09. The molecule has 0 aliphatic heterocycles. The molecule has 0 radical (unpaired) electrons. The zero-order valence-corrected chi connectivity index (χ0v) is 12.1. The Morgan fingerprint density at radius 3 is 2.53 bits per heavy atom. The lowest BCUT2D eigenvalue weighted by molar-refractivity contribution is 0.258. The molecule has 1 N–H and O–H groups in total. The van der Waals surface area contributed by atoms with E-state index >= 15 is 0 Å². The van der Waals surface area contributed by atoms with Crippen LogP contribution in [0.2, 0.25) is 0 Å². The van der Waals surface area contributed by atoms with Crippen molar-refractivity contribution in [3.05, 3.63) is 0 Å². The van der Waals surface area contributed by atoms with Crippen LogP contribution in [0.5, 0.6) is 0 Å². The van der Waals surface area contributed by atoms with Crippen LogP contribution in [0.1, 0.15) is 72.1 Å². The predicted octanol–water partition coefficient (Wildman–Crippen LogP) is 4.37. The second kappa shape index (κ2) is 5.73. The first kappa shape index (κ1) is 13.4. The molecule has 0 heterocycles. The van der Waals surface area contributed by atoms with Crippen LogP contribution in [-0.2, 0) is 0 Å². The second-order valence-electron chi connectivity index (χ2n) is 7.28. The maximum atomic E-state index is 3.88. The number of nitrogens with one attached hydrogen (secondary N) is 1. The maximum Gasteiger partial charge on any atom is 0.00982 e. The van der Waals surface area contributed by atoms with Gasteiger partial charge in [-0.25, -0.2) is 0 Å². The first-order valence-corrected chi connectivity index (χ1v) is 7.84. The number of rotatable bonds is 7. The van der Waals surface area contributed by atoms with Crippen molar-refractivity contribution in [3.8, 4) is 0 Å². The summed E-state index contributed by atoms with van der Waals surface area (Å²) in [5.41, 5.74) is 0.497. The van der Waals surface area contributed by atoms with Gasteiger partial charge < -0.3 is 5.32 Å². The van der Waals surface area contributed by atoms with E-state index in [1.807, 2.05) is 0 Å². The van der Waals surface area contributed by atoms with Crippen LogP contribution in [0.25, 0.3) is 0 Å². The Kier molecular flexibility index (Phi) is 4.52. The van der Waals surface area contributed by atoms with Gasteiger partial charge in [-0.3, -0.25) is 0 Å². The highest BCUT2D eigenvalue weighted by Crippen LogP contribution is 2.44. The van der Waals surface area contributed by atoms with Gasteiger partial charge in [0.2, 0.25) is 0 Å². The third-order valence-corrected chi connectivity index (χ3v) is 5.04. The van der Waals surface area contributed by atoms with E-state index in [-0.39, 0.29) is 0 Å². The number of fused-ring (bicyclic) bond motifs is 2. The van der Waals surface area contributed by atoms with Crippen molar-refractivity contribution in [3.63, 3.8) is 0 Å². The van der Waals surface area contributed by atoms with Crippen molar-refractivity contribution < 1.29 is 0 Å². The molecule has 2 bridgehead atoms. The standard InChI is InChI=1S/C16H31N/c1-4-5-6-9-16(2,3)12-17-15-11-13-7-8-14(15)10-13/h13-15,17H,4-12H2,1-3H3. The molecule has 2 fully saturated rings. The summed E-state index contributed by atoms with van der Waals surface area (Å²) in [6, 6.07) is 0.860. The van der Waals surface area contributed by atoms with Crippen molar-refractivity contribution in [2.24, 2.45) is 17.3 Å². The Hall–Kier alpha value is -0.0400. The zero-order chi connectivity index (χ0) is 12.3. The lowest BCUT2D eigenvalue weighted by Crippen LogP contribution is -2.40. The summed E-state index contributed by atoms with van der Waals surface area (Å²) in [6.07, 6.45) is 11.5. The minimum Gasteiger partial charge on any atom is -0.313 e. The Labute approximate surface area is 108 Å². The first-order chi connectivity index (χ1) is 8.11. The van der Waals surface area contributed by atoms with Gasteiger partial charge in [-0.15, -0.1) is 0 Å². The van der Waals surface area contributed by atoms with Crippen LogP contribution in [0.15, 0.2) is 0 Å². The molecule has 1 heteroatoms. The highest BCUT2D eigenvalue weighted by molar-refractivity contribution is 4.94. The van der Waals surface area contributed by atoms with Gasteiger partial charge >= 0.3 is 0 Å². The van der Waals surface area contributed by atoms with E-state index < -0.39 is 0 Å². The molecule has 0 spiro atoms. The maximum absolute atomic E-state index is 3.88. The Bertz CT molecular complexity index is 234. The highest BCUT2D eigenvalue weighted by Gasteiger charge is 2.39. The van der Waals surface area contributed by atoms with Crippen molar-refractivity contribution in [1.82, 2.24) is 5.32 Å². The van der Waals surface area contributed by atoms with Crippen LogP contribution >= 0.6 is 0 Å². The fourth-order valence-electron chi connectivity index (χ4n) is 3.84. The summed E-state index contributed by atoms with van der Waals surface area (Å²) >= 11 is 0. The smallest absolute Gasteiger partial charge is 0.00982 e. The Balaban J connectivity index is 1.66. The van der Waals surface area contributed by atoms with Crippen LogP contribution in [0.4, 0.5) is 0 Å². The summed E-state index contributed by atoms with van der Waals surface area (Å²) in [5, 5.41) is 3.88. The van der Waals surface area contributed by atoms with Gasteiger partial charge in [0, 0.05) is 12.6 Å². The first-order valence-electron chi connectivity index (χ1n) is 7.84. The van der Waals surface area contributed by atoms with E-state index in [2.05, 4.69) is 26.1 Å². The topological polar surface area (TPSA) is 12.0 Å². The van der Waals surface area contributed by atoms with Crippen LogP contribution in [-0.4, -0.2) is 12.6 Å². The number of hydrogen-bond acceptors (Lipinski definition) is 1. The molecule has 3 atom stereocenters. The minimum atomic E-state index is 0.497. The van der Waals surface area contributed by atoms with Gasteiger partial charge in [-0.05, 0) is 42.9 Å². The van der Waals surface area contributed by atoms with E-state index in [4.69, 9.17) is 0 Å². The molecule has 2 rings (SSSR count). The van der Waals surface area contributed by atoms with Gasteiger partial charge in [0.25, 0.3) is 0 Å². The van der Waals surface area contributed by atoms with Crippen molar-refractivity contribution >= 4 is 0 Å². The van der Waals surface area contributed by atoms with Gasteiger partial charge in [0.05, 0.1) is 0 Å². The highest BCUT2D eigenvalue weighted by atomic mass is 14.9. The molecule has 0 amide bonds. The minimum absolute atomic E-state index is 0.497. The summed E-state index contributed by atoms with van der Waals surface area (Å²) in [4.78, 5) is 0. The second-order valence-corrected chi connectivity index (χ2v) is 7.28. The van der Waals surface area contributed by atoms with Crippen molar-refractivity contribution in [1.29, 1.82) is 0 Å². The average molecular weight is 237 g/mol. The van der Waals surface area contributed by atoms with E-state index in [0.29, 0.717) is 5.41 Å². The SMILES string of the molecule is CCCCCC(C)(C)CNC1CC2CCC1C2. The van der Waals surface area contributed by atoms with E-state index in [9.17, 15) is 0 Å². The molecule has 0 aromatic rings. The summed E-state index contributed by atoms with van der Waals surface area (Å²) in [7, 11) is 0. The molecule has 17 heavy (non-hydrogen) atoms. The molecule has 0 aromatic heterocycles. The largest absolute Gasteiger partial charge is 0.313 e. The van der Waals surface area contributed by atoms with E-state index in [1.165, 1.54) is 57.9 Å². The molecule has 0 aromatic carbocycles. The zero-order valence-electron chi connectivity index (χ0n) is 12.1. The third-order valence-electron chi connectivity index (χ3n) is 5.04. The quantitative estimate of drug-likeness (QED) is 0.648. The van der Waals surface area contributed by atoms with Crippen molar-refractivity contribution in [2.45, 2.75) is 78.2 Å². The molecule has 2 aliphatic rings. The molecule has 2 aliphatic carbocycles. The third kappa shape index (κ3) is 3.71. The fraction of sp³-hybridized carbons (Fsp3) is 1.00. The van der Waals surface area contributed by atoms with Crippen LogP contribution < -0.4 is 5.32 Å². The number of hydrogen-bond donors (Lipinski definition) is 1. The predicted molar refractivity (Wildman–Crippen MR) is 75.2 cm³/mol. The van der Waals surface area contributed by atoms with Gasteiger partial charge in [0.15, 0.2) is 0 Å². The Morgan fingerprint density at radius 1 is 1.12 bits per heavy atom. The molecule has 1 nitrogen and oxygen atoms in total. The lowest BCUT2D eigenvalue weighted by atomic mass is 9.85. The monoisotopic (exact) mass is 237 g/mol. The number of unbranched alkanes of at least 4 members (excludes halogenated alkanes) is 2. The van der Waals surface area contributed by atoms with Gasteiger partial charge in [0.1, 0.15) is 0 Å². The van der Waals surface area contributed by atoms with Gasteiger partial charge in [-0.1, -0.05) is 46.5 Å². The van der Waals surface area contributed by atoms with Crippen molar-refractivity contribution in [2.75, 3.05) is 6.54 Å². The fourth-order valence-corrected chi connectivity index (χ4v) is 3.84. The average Bonchev–Trinajstić information content (AvgIpc) is 2.88. The summed E-state index contributed by atoms with van der Waals surface area (Å²) in [6.45, 7) is 8.39. The normalized spacial score (nSPS) is 32.3. The molecule has 3 unspecified atom stereocenters. The summed E-state index contributed by atoms with van der Waals surface area (Å²) < 4.78 is 0. The molecular formula is C16H31N. The molecular weight excluding hydrogens is 206 g/mol. The molecule has 0 saturated heterocycles. The van der Waals surface area contributed by atoms with E-state index in [1.54, 1.807) is 0 Å². The van der Waals surface area contributed by atoms with E-state index in [0.717, 1.165) is 17.9 Å².